The Labute approximate surface area is 102 Å². The van der Waals surface area contributed by atoms with Crippen molar-refractivity contribution in [2.24, 2.45) is 5.41 Å². The molecular weight excluding hydrogens is 222 g/mol. The predicted octanol–water partition coefficient (Wildman–Crippen LogP) is 2.16. The van der Waals surface area contributed by atoms with E-state index in [1.807, 2.05) is 0 Å². The first-order chi connectivity index (χ1) is 7.75. The van der Waals surface area contributed by atoms with E-state index in [1.165, 1.54) is 0 Å². The van der Waals surface area contributed by atoms with Crippen molar-refractivity contribution in [3.05, 3.63) is 0 Å². The molecule has 0 spiro atoms. The summed E-state index contributed by atoms with van der Waals surface area (Å²) in [5, 5.41) is 11.8. The van der Waals surface area contributed by atoms with Crippen molar-refractivity contribution in [3.63, 3.8) is 0 Å². The fraction of sp³-hybridized carbons (Fsp3) is 0.833. The summed E-state index contributed by atoms with van der Waals surface area (Å²) in [6, 6.07) is 0. The lowest BCUT2D eigenvalue weighted by Crippen LogP contribution is -2.43. The Balaban J connectivity index is 2.48. The molecule has 98 valence electrons. The molecule has 1 aliphatic carbocycles. The first-order valence-electron chi connectivity index (χ1n) is 5.95. The van der Waals surface area contributed by atoms with Crippen molar-refractivity contribution in [3.8, 4) is 0 Å². The number of carboxylic acids is 1. The molecule has 0 bridgehead atoms. The lowest BCUT2D eigenvalue weighted by atomic mass is 9.86. The average Bonchev–Trinajstić information content (AvgIpc) is 2.61. The fourth-order valence-electron chi connectivity index (χ4n) is 2.07. The Morgan fingerprint density at radius 1 is 1.29 bits per heavy atom. The summed E-state index contributed by atoms with van der Waals surface area (Å²) in [6.45, 7) is 5.47. The van der Waals surface area contributed by atoms with Gasteiger partial charge in [0.1, 0.15) is 5.60 Å². The second-order valence-electron chi connectivity index (χ2n) is 5.65. The number of amides is 1. The quantitative estimate of drug-likeness (QED) is 0.796. The van der Waals surface area contributed by atoms with Gasteiger partial charge < -0.3 is 15.2 Å². The number of carbonyl (C=O) groups is 2. The Morgan fingerprint density at radius 2 is 1.82 bits per heavy atom. The maximum absolute atomic E-state index is 11.5. The number of hydrogen-bond acceptors (Lipinski definition) is 3. The van der Waals surface area contributed by atoms with Crippen LogP contribution in [0.4, 0.5) is 4.79 Å². The van der Waals surface area contributed by atoms with E-state index in [-0.39, 0.29) is 6.54 Å². The molecule has 0 atom stereocenters. The number of nitrogens with one attached hydrogen (secondary N) is 1. The van der Waals surface area contributed by atoms with Gasteiger partial charge in [-0.25, -0.2) is 4.79 Å². The minimum Gasteiger partial charge on any atom is -0.481 e. The number of rotatable bonds is 3. The minimum atomic E-state index is -0.828. The van der Waals surface area contributed by atoms with Crippen molar-refractivity contribution < 1.29 is 19.4 Å². The number of aliphatic carboxylic acids is 1. The van der Waals surface area contributed by atoms with E-state index in [0.717, 1.165) is 12.8 Å². The van der Waals surface area contributed by atoms with Crippen LogP contribution in [0.5, 0.6) is 0 Å². The number of ether oxygens (including phenoxy) is 1. The van der Waals surface area contributed by atoms with Gasteiger partial charge in [0, 0.05) is 6.54 Å². The third-order valence-corrected chi connectivity index (χ3v) is 2.98. The van der Waals surface area contributed by atoms with Gasteiger partial charge in [-0.05, 0) is 33.6 Å². The maximum atomic E-state index is 11.5. The summed E-state index contributed by atoms with van der Waals surface area (Å²) < 4.78 is 5.08. The Morgan fingerprint density at radius 3 is 2.24 bits per heavy atom. The van der Waals surface area contributed by atoms with Crippen LogP contribution in [-0.2, 0) is 9.53 Å². The van der Waals surface area contributed by atoms with E-state index < -0.39 is 23.1 Å². The highest BCUT2D eigenvalue weighted by Crippen LogP contribution is 2.37. The zero-order valence-corrected chi connectivity index (χ0v) is 10.7. The Kier molecular flexibility index (Phi) is 4.01. The molecule has 0 aliphatic heterocycles. The monoisotopic (exact) mass is 243 g/mol. The average molecular weight is 243 g/mol. The normalized spacial score (nSPS) is 18.8. The first-order valence-corrected chi connectivity index (χ1v) is 5.95. The van der Waals surface area contributed by atoms with Crippen LogP contribution in [0, 0.1) is 5.41 Å². The van der Waals surface area contributed by atoms with Crippen LogP contribution in [-0.4, -0.2) is 29.3 Å². The van der Waals surface area contributed by atoms with Gasteiger partial charge >= 0.3 is 12.1 Å². The van der Waals surface area contributed by atoms with E-state index in [1.54, 1.807) is 20.8 Å². The zero-order chi connectivity index (χ0) is 13.1. The van der Waals surface area contributed by atoms with Crippen LogP contribution in [0.1, 0.15) is 46.5 Å². The fourth-order valence-corrected chi connectivity index (χ4v) is 2.07. The van der Waals surface area contributed by atoms with Gasteiger partial charge in [-0.2, -0.15) is 0 Å². The van der Waals surface area contributed by atoms with Gasteiger partial charge in [0.05, 0.1) is 5.41 Å². The molecule has 2 N–H and O–H groups in total. The van der Waals surface area contributed by atoms with Gasteiger partial charge in [0.15, 0.2) is 0 Å². The maximum Gasteiger partial charge on any atom is 0.407 e. The van der Waals surface area contributed by atoms with Gasteiger partial charge in [0.2, 0.25) is 0 Å². The molecule has 0 aromatic carbocycles. The van der Waals surface area contributed by atoms with Crippen LogP contribution in [0.15, 0.2) is 0 Å². The number of alkyl carbamates (subject to hydrolysis) is 1. The highest BCUT2D eigenvalue weighted by atomic mass is 16.6. The zero-order valence-electron chi connectivity index (χ0n) is 10.7. The van der Waals surface area contributed by atoms with Crippen molar-refractivity contribution >= 4 is 12.1 Å². The standard InChI is InChI=1S/C12H21NO4/c1-11(2,3)17-10(16)13-8-12(9(14)15)6-4-5-7-12/h4-8H2,1-3H3,(H,13,16)(H,14,15). The highest BCUT2D eigenvalue weighted by Gasteiger charge is 2.41. The molecule has 1 aliphatic rings. The van der Waals surface area contributed by atoms with Crippen LogP contribution >= 0.6 is 0 Å². The summed E-state index contributed by atoms with van der Waals surface area (Å²) in [5.74, 6) is -0.828. The topological polar surface area (TPSA) is 75.6 Å². The van der Waals surface area contributed by atoms with Crippen LogP contribution in [0.3, 0.4) is 0 Å². The van der Waals surface area contributed by atoms with Crippen molar-refractivity contribution in [2.75, 3.05) is 6.54 Å². The molecule has 0 saturated heterocycles. The summed E-state index contributed by atoms with van der Waals surface area (Å²) in [6.07, 6.45) is 2.51. The highest BCUT2D eigenvalue weighted by molar-refractivity contribution is 5.76. The summed E-state index contributed by atoms with van der Waals surface area (Å²) in [7, 11) is 0. The molecule has 1 rings (SSSR count). The summed E-state index contributed by atoms with van der Waals surface area (Å²) in [5.41, 5.74) is -1.35. The number of carboxylic acid groups (broad SMARTS) is 1. The molecule has 0 unspecified atom stereocenters. The first kappa shape index (κ1) is 13.8. The Bertz CT molecular complexity index is 300. The molecule has 0 aromatic rings. The van der Waals surface area contributed by atoms with Crippen molar-refractivity contribution in [1.29, 1.82) is 0 Å². The van der Waals surface area contributed by atoms with Crippen molar-refractivity contribution in [1.82, 2.24) is 5.32 Å². The molecule has 1 fully saturated rings. The SMILES string of the molecule is CC(C)(C)OC(=O)NCC1(C(=O)O)CCCC1. The molecule has 1 amide bonds. The van der Waals surface area contributed by atoms with Crippen LogP contribution < -0.4 is 5.32 Å². The van der Waals surface area contributed by atoms with Crippen LogP contribution in [0.2, 0.25) is 0 Å². The number of carbonyl (C=O) groups excluding carboxylic acids is 1. The predicted molar refractivity (Wildman–Crippen MR) is 62.8 cm³/mol. The van der Waals surface area contributed by atoms with E-state index >= 15 is 0 Å². The van der Waals surface area contributed by atoms with Gasteiger partial charge in [0.25, 0.3) is 0 Å². The lowest BCUT2D eigenvalue weighted by molar-refractivity contribution is -0.148. The molecule has 0 aromatic heterocycles. The molecular formula is C12H21NO4. The summed E-state index contributed by atoms with van der Waals surface area (Å²) >= 11 is 0. The van der Waals surface area contributed by atoms with Crippen LogP contribution in [0.25, 0.3) is 0 Å². The third-order valence-electron chi connectivity index (χ3n) is 2.98. The second-order valence-corrected chi connectivity index (χ2v) is 5.65. The molecule has 5 nitrogen and oxygen atoms in total. The smallest absolute Gasteiger partial charge is 0.407 e. The summed E-state index contributed by atoms with van der Waals surface area (Å²) in [4.78, 5) is 22.7. The molecule has 1 saturated carbocycles. The molecule has 0 radical (unpaired) electrons. The van der Waals surface area contributed by atoms with E-state index in [2.05, 4.69) is 5.32 Å². The van der Waals surface area contributed by atoms with E-state index in [9.17, 15) is 14.7 Å². The van der Waals surface area contributed by atoms with E-state index in [4.69, 9.17) is 4.74 Å². The second kappa shape index (κ2) is 4.94. The van der Waals surface area contributed by atoms with Gasteiger partial charge in [-0.1, -0.05) is 12.8 Å². The number of hydrogen-bond donors (Lipinski definition) is 2. The molecule has 5 heteroatoms. The molecule has 17 heavy (non-hydrogen) atoms. The third kappa shape index (κ3) is 3.91. The van der Waals surface area contributed by atoms with E-state index in [0.29, 0.717) is 12.8 Å². The van der Waals surface area contributed by atoms with Gasteiger partial charge in [-0.3, -0.25) is 4.79 Å². The Hall–Kier alpha value is -1.26. The van der Waals surface area contributed by atoms with Gasteiger partial charge in [-0.15, -0.1) is 0 Å². The minimum absolute atomic E-state index is 0.150. The van der Waals surface area contributed by atoms with Crippen molar-refractivity contribution in [2.45, 2.75) is 52.1 Å². The lowest BCUT2D eigenvalue weighted by Gasteiger charge is -2.25. The largest absolute Gasteiger partial charge is 0.481 e. The molecule has 0 heterocycles.